The Bertz CT molecular complexity index is 245. The highest BCUT2D eigenvalue weighted by atomic mass is 35.5. The van der Waals surface area contributed by atoms with Gasteiger partial charge >= 0.3 is 0 Å². The summed E-state index contributed by atoms with van der Waals surface area (Å²) < 4.78 is 0. The summed E-state index contributed by atoms with van der Waals surface area (Å²) in [7, 11) is 0. The number of halogens is 1. The molecule has 0 N–H and O–H groups in total. The maximum absolute atomic E-state index is 6.00. The van der Waals surface area contributed by atoms with Crippen molar-refractivity contribution >= 4 is 22.9 Å². The molecule has 0 aliphatic rings. The molecule has 0 amide bonds. The average molecular weight is 218 g/mol. The molecule has 0 aliphatic carbocycles. The molecule has 1 aromatic rings. The second-order valence-electron chi connectivity index (χ2n) is 4.10. The third-order valence-electron chi connectivity index (χ3n) is 2.77. The first-order valence-electron chi connectivity index (χ1n) is 4.51. The first-order valence-corrected chi connectivity index (χ1v) is 5.99. The van der Waals surface area contributed by atoms with Crippen LogP contribution in [0.15, 0.2) is 10.9 Å². The Morgan fingerprint density at radius 2 is 2.31 bits per heavy atom. The molecule has 0 fully saturated rings. The van der Waals surface area contributed by atoms with Gasteiger partial charge in [0.25, 0.3) is 0 Å². The molecule has 1 atom stereocenters. The summed E-state index contributed by atoms with van der Waals surface area (Å²) in [5, 5.41) is 2.10. The van der Waals surface area contributed by atoms with Crippen molar-refractivity contribution < 1.29 is 0 Å². The van der Waals surface area contributed by atoms with Crippen LogP contribution in [0.4, 0.5) is 0 Å². The lowest BCUT2D eigenvalue weighted by Crippen LogP contribution is -2.28. The molecule has 13 heavy (non-hydrogen) atoms. The van der Waals surface area contributed by atoms with Gasteiger partial charge in [-0.2, -0.15) is 0 Å². The predicted molar refractivity (Wildman–Crippen MR) is 59.5 cm³/mol. The highest BCUT2D eigenvalue weighted by Crippen LogP contribution is 2.32. The number of thiazole rings is 1. The molecule has 1 aromatic heterocycles. The van der Waals surface area contributed by atoms with Crippen LogP contribution in [-0.2, 0) is 6.42 Å². The van der Waals surface area contributed by atoms with E-state index in [1.165, 1.54) is 5.69 Å². The first-order chi connectivity index (χ1) is 6.08. The number of rotatable bonds is 4. The Morgan fingerprint density at radius 3 is 2.69 bits per heavy atom. The van der Waals surface area contributed by atoms with E-state index in [-0.39, 0.29) is 5.41 Å². The van der Waals surface area contributed by atoms with Crippen LogP contribution in [0.25, 0.3) is 0 Å². The van der Waals surface area contributed by atoms with E-state index in [2.05, 4.69) is 31.1 Å². The van der Waals surface area contributed by atoms with Crippen LogP contribution in [0.1, 0.15) is 26.5 Å². The Morgan fingerprint density at radius 1 is 1.62 bits per heavy atom. The molecule has 0 bridgehead atoms. The Balaban J connectivity index is 2.69. The van der Waals surface area contributed by atoms with Crippen molar-refractivity contribution in [2.75, 3.05) is 5.88 Å². The lowest BCUT2D eigenvalue weighted by molar-refractivity contribution is 0.251. The van der Waals surface area contributed by atoms with Crippen molar-refractivity contribution in [3.8, 4) is 0 Å². The van der Waals surface area contributed by atoms with E-state index in [0.717, 1.165) is 6.42 Å². The van der Waals surface area contributed by atoms with Gasteiger partial charge in [-0.25, -0.2) is 4.98 Å². The van der Waals surface area contributed by atoms with Gasteiger partial charge in [0.1, 0.15) is 0 Å². The smallest absolute Gasteiger partial charge is 0.0794 e. The van der Waals surface area contributed by atoms with E-state index in [0.29, 0.717) is 11.8 Å². The molecule has 0 radical (unpaired) electrons. The van der Waals surface area contributed by atoms with Crippen LogP contribution in [-0.4, -0.2) is 10.9 Å². The summed E-state index contributed by atoms with van der Waals surface area (Å²) in [5.74, 6) is 1.29. The molecule has 1 rings (SSSR count). The minimum Gasteiger partial charge on any atom is -0.250 e. The maximum atomic E-state index is 6.00. The van der Waals surface area contributed by atoms with Crippen LogP contribution >= 0.6 is 22.9 Å². The van der Waals surface area contributed by atoms with Crippen LogP contribution < -0.4 is 0 Å². The van der Waals surface area contributed by atoms with Crippen LogP contribution in [0.3, 0.4) is 0 Å². The van der Waals surface area contributed by atoms with Gasteiger partial charge in [0.05, 0.1) is 11.2 Å². The molecular weight excluding hydrogens is 202 g/mol. The Kier molecular flexibility index (Phi) is 3.74. The number of hydrogen-bond donors (Lipinski definition) is 0. The van der Waals surface area contributed by atoms with Crippen molar-refractivity contribution in [2.45, 2.75) is 27.2 Å². The summed E-state index contributed by atoms with van der Waals surface area (Å²) >= 11 is 7.64. The predicted octanol–water partition coefficient (Wildman–Crippen LogP) is 3.59. The van der Waals surface area contributed by atoms with Gasteiger partial charge in [0, 0.05) is 11.3 Å². The summed E-state index contributed by atoms with van der Waals surface area (Å²) in [6, 6.07) is 0. The lowest BCUT2D eigenvalue weighted by atomic mass is 9.77. The molecule has 0 saturated heterocycles. The van der Waals surface area contributed by atoms with Gasteiger partial charge in [0.15, 0.2) is 0 Å². The third-order valence-corrected chi connectivity index (χ3v) is 4.01. The highest BCUT2D eigenvalue weighted by molar-refractivity contribution is 7.07. The van der Waals surface area contributed by atoms with E-state index in [4.69, 9.17) is 11.6 Å². The summed E-state index contributed by atoms with van der Waals surface area (Å²) in [6.45, 7) is 6.66. The third kappa shape index (κ3) is 2.68. The van der Waals surface area contributed by atoms with Gasteiger partial charge in [-0.1, -0.05) is 20.8 Å². The molecule has 1 unspecified atom stereocenters. The van der Waals surface area contributed by atoms with Crippen molar-refractivity contribution in [2.24, 2.45) is 11.3 Å². The Labute approximate surface area is 89.1 Å². The van der Waals surface area contributed by atoms with Crippen molar-refractivity contribution in [1.82, 2.24) is 4.98 Å². The topological polar surface area (TPSA) is 12.9 Å². The zero-order valence-corrected chi connectivity index (χ0v) is 9.95. The van der Waals surface area contributed by atoms with Crippen molar-refractivity contribution in [1.29, 1.82) is 0 Å². The van der Waals surface area contributed by atoms with E-state index in [1.54, 1.807) is 11.3 Å². The summed E-state index contributed by atoms with van der Waals surface area (Å²) in [4.78, 5) is 4.29. The minimum atomic E-state index is 0.176. The largest absolute Gasteiger partial charge is 0.250 e. The second-order valence-corrected chi connectivity index (χ2v) is 5.08. The fourth-order valence-corrected chi connectivity index (χ4v) is 2.11. The normalized spacial score (nSPS) is 16.1. The van der Waals surface area contributed by atoms with E-state index in [9.17, 15) is 0 Å². The number of alkyl halides is 1. The lowest BCUT2D eigenvalue weighted by Gasteiger charge is -2.30. The standard InChI is InChI=1S/C10H16ClNS/c1-8(2)10(3,6-11)4-9-5-13-7-12-9/h5,7-8H,4,6H2,1-3H3. The molecule has 0 aliphatic heterocycles. The number of aromatic nitrogens is 1. The second kappa shape index (κ2) is 4.43. The molecule has 0 spiro atoms. The SMILES string of the molecule is CC(C)C(C)(CCl)Cc1cscn1. The van der Waals surface area contributed by atoms with Gasteiger partial charge in [-0.3, -0.25) is 0 Å². The zero-order valence-electron chi connectivity index (χ0n) is 8.38. The molecule has 1 heterocycles. The zero-order chi connectivity index (χ0) is 9.90. The van der Waals surface area contributed by atoms with Gasteiger partial charge in [-0.05, 0) is 17.8 Å². The van der Waals surface area contributed by atoms with Crippen LogP contribution in [0, 0.1) is 11.3 Å². The van der Waals surface area contributed by atoms with Gasteiger partial charge < -0.3 is 0 Å². The molecule has 1 nitrogen and oxygen atoms in total. The molecular formula is C10H16ClNS. The first kappa shape index (κ1) is 11.0. The fourth-order valence-electron chi connectivity index (χ4n) is 1.14. The minimum absolute atomic E-state index is 0.176. The molecule has 0 saturated carbocycles. The van der Waals surface area contributed by atoms with Crippen LogP contribution in [0.2, 0.25) is 0 Å². The van der Waals surface area contributed by atoms with E-state index in [1.807, 2.05) is 5.51 Å². The summed E-state index contributed by atoms with van der Waals surface area (Å²) in [6.07, 6.45) is 0.984. The molecule has 74 valence electrons. The quantitative estimate of drug-likeness (QED) is 0.703. The van der Waals surface area contributed by atoms with E-state index >= 15 is 0 Å². The monoisotopic (exact) mass is 217 g/mol. The maximum Gasteiger partial charge on any atom is 0.0794 e. The number of nitrogens with zero attached hydrogens (tertiary/aromatic N) is 1. The van der Waals surface area contributed by atoms with Crippen molar-refractivity contribution in [3.05, 3.63) is 16.6 Å². The average Bonchev–Trinajstić information content (AvgIpc) is 2.56. The molecule has 3 heteroatoms. The van der Waals surface area contributed by atoms with Crippen molar-refractivity contribution in [3.63, 3.8) is 0 Å². The Hall–Kier alpha value is -0.0800. The number of hydrogen-bond acceptors (Lipinski definition) is 2. The van der Waals surface area contributed by atoms with E-state index < -0.39 is 0 Å². The van der Waals surface area contributed by atoms with Crippen LogP contribution in [0.5, 0.6) is 0 Å². The fraction of sp³-hybridized carbons (Fsp3) is 0.700. The van der Waals surface area contributed by atoms with Gasteiger partial charge in [0.2, 0.25) is 0 Å². The summed E-state index contributed by atoms with van der Waals surface area (Å²) in [5.41, 5.74) is 3.22. The van der Waals surface area contributed by atoms with Gasteiger partial charge in [-0.15, -0.1) is 22.9 Å². The highest BCUT2D eigenvalue weighted by Gasteiger charge is 2.28. The molecule has 0 aromatic carbocycles.